The fourth-order valence-corrected chi connectivity index (χ4v) is 7.31. The van der Waals surface area contributed by atoms with Crippen LogP contribution in [0.3, 0.4) is 0 Å². The molecular formula is C47H91NO6. The minimum atomic E-state index is -0.119. The smallest absolute Gasteiger partial charge is 0.306 e. The molecule has 0 aliphatic rings. The van der Waals surface area contributed by atoms with Gasteiger partial charge in [-0.2, -0.15) is 0 Å². The van der Waals surface area contributed by atoms with Crippen LogP contribution in [0.2, 0.25) is 0 Å². The summed E-state index contributed by atoms with van der Waals surface area (Å²) in [4.78, 5) is 40.0. The van der Waals surface area contributed by atoms with Gasteiger partial charge in [0, 0.05) is 19.3 Å². The Hall–Kier alpha value is -1.63. The number of carbonyl (C=O) groups excluding carboxylic acids is 3. The molecule has 7 nitrogen and oxygen atoms in total. The molecule has 0 aromatic carbocycles. The number of esters is 3. The molecule has 0 N–H and O–H groups in total. The average molecular weight is 766 g/mol. The van der Waals surface area contributed by atoms with Crippen LogP contribution in [0.1, 0.15) is 233 Å². The van der Waals surface area contributed by atoms with Gasteiger partial charge >= 0.3 is 17.9 Å². The Balaban J connectivity index is 4.64. The minimum absolute atomic E-state index is 0.0704. The van der Waals surface area contributed by atoms with Gasteiger partial charge in [-0.25, -0.2) is 0 Å². The van der Waals surface area contributed by atoms with E-state index in [4.69, 9.17) is 14.2 Å². The maximum atomic E-state index is 12.7. The molecule has 0 saturated heterocycles. The van der Waals surface area contributed by atoms with Crippen molar-refractivity contribution in [1.82, 2.24) is 4.90 Å². The molecule has 0 aliphatic carbocycles. The van der Waals surface area contributed by atoms with Gasteiger partial charge in [0.25, 0.3) is 0 Å². The summed E-state index contributed by atoms with van der Waals surface area (Å²) in [5.74, 6) is 0.720. The number of unbranched alkanes of at least 4 members (excludes halogenated alkanes) is 16. The molecule has 0 aromatic heterocycles. The summed E-state index contributed by atoms with van der Waals surface area (Å²) >= 11 is 0. The third kappa shape index (κ3) is 36.0. The second-order valence-electron chi connectivity index (χ2n) is 16.7. The van der Waals surface area contributed by atoms with E-state index in [0.29, 0.717) is 44.3 Å². The third-order valence-electron chi connectivity index (χ3n) is 10.9. The van der Waals surface area contributed by atoms with E-state index in [-0.39, 0.29) is 24.0 Å². The Morgan fingerprint density at radius 3 is 1.09 bits per heavy atom. The molecule has 0 bridgehead atoms. The van der Waals surface area contributed by atoms with Crippen LogP contribution in [0.4, 0.5) is 0 Å². The summed E-state index contributed by atoms with van der Waals surface area (Å²) in [6.07, 6.45) is 33.8. The summed E-state index contributed by atoms with van der Waals surface area (Å²) < 4.78 is 17.5. The maximum absolute atomic E-state index is 12.7. The first-order valence-corrected chi connectivity index (χ1v) is 23.4. The number of rotatable bonds is 41. The van der Waals surface area contributed by atoms with E-state index in [1.165, 1.54) is 103 Å². The summed E-state index contributed by atoms with van der Waals surface area (Å²) in [5, 5.41) is 0. The van der Waals surface area contributed by atoms with Crippen molar-refractivity contribution >= 4 is 17.9 Å². The zero-order valence-electron chi connectivity index (χ0n) is 36.9. The Bertz CT molecular complexity index is 770. The average Bonchev–Trinajstić information content (AvgIpc) is 3.15. The molecule has 320 valence electrons. The number of hydrogen-bond donors (Lipinski definition) is 0. The third-order valence-corrected chi connectivity index (χ3v) is 10.9. The first-order valence-electron chi connectivity index (χ1n) is 23.4. The van der Waals surface area contributed by atoms with Gasteiger partial charge < -0.3 is 19.1 Å². The van der Waals surface area contributed by atoms with Crippen molar-refractivity contribution < 1.29 is 28.6 Å². The lowest BCUT2D eigenvalue weighted by atomic mass is 9.95. The van der Waals surface area contributed by atoms with E-state index >= 15 is 0 Å². The van der Waals surface area contributed by atoms with Crippen molar-refractivity contribution in [2.75, 3.05) is 33.9 Å². The lowest BCUT2D eigenvalue weighted by molar-refractivity contribution is -0.150. The zero-order valence-corrected chi connectivity index (χ0v) is 36.9. The largest absolute Gasteiger partial charge is 0.465 e. The second kappa shape index (κ2) is 39.6. The van der Waals surface area contributed by atoms with Gasteiger partial charge in [0.15, 0.2) is 0 Å². The van der Waals surface area contributed by atoms with Crippen LogP contribution in [0.25, 0.3) is 0 Å². The summed E-state index contributed by atoms with van der Waals surface area (Å²) in [5.41, 5.74) is 0. The van der Waals surface area contributed by atoms with E-state index in [1.54, 1.807) is 0 Å². The molecule has 0 atom stereocenters. The highest BCUT2D eigenvalue weighted by Gasteiger charge is 2.17. The highest BCUT2D eigenvalue weighted by atomic mass is 16.5. The van der Waals surface area contributed by atoms with Gasteiger partial charge in [-0.3, -0.25) is 14.4 Å². The van der Waals surface area contributed by atoms with Crippen LogP contribution in [0, 0.1) is 11.8 Å². The number of hydrogen-bond acceptors (Lipinski definition) is 7. The molecule has 0 aliphatic heterocycles. The fraction of sp³-hybridized carbons (Fsp3) is 0.936. The monoisotopic (exact) mass is 766 g/mol. The molecule has 7 heteroatoms. The Morgan fingerprint density at radius 1 is 0.407 bits per heavy atom. The normalized spacial score (nSPS) is 11.7. The van der Waals surface area contributed by atoms with Crippen LogP contribution in [-0.4, -0.2) is 62.8 Å². The standard InChI is InChI=1S/C47H91NO6/c1-7-11-15-21-30-42(31-22-16-12-8-2)40-52-45(49)36-27-19-25-34-44(54-47(51)38-29-39-48(5)6)35-26-20-28-37-46(50)53-41-43(32-23-17-13-9-3)33-24-18-14-10-4/h42-44H,7-41H2,1-6H3. The van der Waals surface area contributed by atoms with Crippen LogP contribution < -0.4 is 0 Å². The highest BCUT2D eigenvalue weighted by molar-refractivity contribution is 5.70. The summed E-state index contributed by atoms with van der Waals surface area (Å²) in [7, 11) is 4.03. The van der Waals surface area contributed by atoms with Crippen LogP contribution in [0.5, 0.6) is 0 Å². The summed E-state index contributed by atoms with van der Waals surface area (Å²) in [6, 6.07) is 0. The molecular weight excluding hydrogens is 675 g/mol. The highest BCUT2D eigenvalue weighted by Crippen LogP contribution is 2.22. The molecule has 0 radical (unpaired) electrons. The molecule has 0 aromatic rings. The molecule has 0 fully saturated rings. The predicted octanol–water partition coefficient (Wildman–Crippen LogP) is 13.3. The Kier molecular flexibility index (Phi) is 38.4. The van der Waals surface area contributed by atoms with Gasteiger partial charge in [-0.15, -0.1) is 0 Å². The SMILES string of the molecule is CCCCCCC(CCCCCC)COC(=O)CCCCCC(CCCCCC(=O)OCC(CCCCCC)CCCCCC)OC(=O)CCCN(C)C. The zero-order chi connectivity index (χ0) is 39.9. The van der Waals surface area contributed by atoms with E-state index in [0.717, 1.165) is 90.0 Å². The van der Waals surface area contributed by atoms with Crippen molar-refractivity contribution in [1.29, 1.82) is 0 Å². The Labute approximate surface area is 335 Å². The topological polar surface area (TPSA) is 82.1 Å². The lowest BCUT2D eigenvalue weighted by Crippen LogP contribution is -2.20. The Morgan fingerprint density at radius 2 is 0.741 bits per heavy atom. The first-order chi connectivity index (χ1) is 26.2. The van der Waals surface area contributed by atoms with Crippen molar-refractivity contribution in [2.45, 2.75) is 239 Å². The quantitative estimate of drug-likeness (QED) is 0.0348. The fourth-order valence-electron chi connectivity index (χ4n) is 7.31. The summed E-state index contributed by atoms with van der Waals surface area (Å²) in [6.45, 7) is 11.0. The number of carbonyl (C=O) groups is 3. The molecule has 54 heavy (non-hydrogen) atoms. The van der Waals surface area contributed by atoms with E-state index in [2.05, 4.69) is 32.6 Å². The maximum Gasteiger partial charge on any atom is 0.306 e. The molecule has 0 amide bonds. The van der Waals surface area contributed by atoms with Crippen LogP contribution in [0.15, 0.2) is 0 Å². The van der Waals surface area contributed by atoms with Crippen LogP contribution >= 0.6 is 0 Å². The van der Waals surface area contributed by atoms with Crippen molar-refractivity contribution in [3.8, 4) is 0 Å². The minimum Gasteiger partial charge on any atom is -0.465 e. The number of ether oxygens (including phenoxy) is 3. The predicted molar refractivity (Wildman–Crippen MR) is 228 cm³/mol. The van der Waals surface area contributed by atoms with Gasteiger partial charge in [0.2, 0.25) is 0 Å². The van der Waals surface area contributed by atoms with Crippen molar-refractivity contribution in [2.24, 2.45) is 11.8 Å². The van der Waals surface area contributed by atoms with E-state index in [1.807, 2.05) is 14.1 Å². The second-order valence-corrected chi connectivity index (χ2v) is 16.7. The van der Waals surface area contributed by atoms with Crippen LogP contribution in [-0.2, 0) is 28.6 Å². The van der Waals surface area contributed by atoms with E-state index in [9.17, 15) is 14.4 Å². The van der Waals surface area contributed by atoms with Gasteiger partial charge in [-0.1, -0.05) is 143 Å². The molecule has 0 unspecified atom stereocenters. The lowest BCUT2D eigenvalue weighted by Gasteiger charge is -2.19. The van der Waals surface area contributed by atoms with Gasteiger partial charge in [0.1, 0.15) is 6.10 Å². The molecule has 0 heterocycles. The molecule has 0 saturated carbocycles. The van der Waals surface area contributed by atoms with Gasteiger partial charge in [0.05, 0.1) is 13.2 Å². The molecule has 0 spiro atoms. The first kappa shape index (κ1) is 52.4. The van der Waals surface area contributed by atoms with Crippen molar-refractivity contribution in [3.63, 3.8) is 0 Å². The molecule has 0 rings (SSSR count). The van der Waals surface area contributed by atoms with Crippen molar-refractivity contribution in [3.05, 3.63) is 0 Å². The van der Waals surface area contributed by atoms with Gasteiger partial charge in [-0.05, 0) is 103 Å². The van der Waals surface area contributed by atoms with E-state index < -0.39 is 0 Å². The number of nitrogens with zero attached hydrogens (tertiary/aromatic N) is 1.